The summed E-state index contributed by atoms with van der Waals surface area (Å²) in [5.41, 5.74) is 2.48. The quantitative estimate of drug-likeness (QED) is 0.261. The first kappa shape index (κ1) is 23.6. The number of aryl methyl sites for hydroxylation is 1. The summed E-state index contributed by atoms with van der Waals surface area (Å²) in [4.78, 5) is 19.4. The second kappa shape index (κ2) is 12.1. The Morgan fingerprint density at radius 2 is 2.03 bits per heavy atom. The number of halogens is 1. The predicted molar refractivity (Wildman–Crippen MR) is 129 cm³/mol. The molecule has 0 aliphatic carbocycles. The van der Waals surface area contributed by atoms with Gasteiger partial charge in [-0.2, -0.15) is 0 Å². The zero-order valence-electron chi connectivity index (χ0n) is 16.9. The number of guanidine groups is 1. The van der Waals surface area contributed by atoms with Crippen LogP contribution in [0.1, 0.15) is 33.3 Å². The van der Waals surface area contributed by atoms with Crippen molar-refractivity contribution in [3.8, 4) is 0 Å². The number of thiophene rings is 1. The number of benzene rings is 1. The molecule has 1 aliphatic rings. The van der Waals surface area contributed by atoms with E-state index in [1.807, 2.05) is 17.5 Å². The number of amides is 1. The van der Waals surface area contributed by atoms with E-state index in [1.165, 1.54) is 22.5 Å². The molecule has 0 spiro atoms. The number of aliphatic imine (C=N–C) groups is 1. The van der Waals surface area contributed by atoms with Gasteiger partial charge in [0, 0.05) is 26.7 Å². The summed E-state index contributed by atoms with van der Waals surface area (Å²) in [5, 5.41) is 8.26. The molecule has 2 heterocycles. The Morgan fingerprint density at radius 3 is 2.76 bits per heavy atom. The van der Waals surface area contributed by atoms with E-state index in [1.54, 1.807) is 7.05 Å². The van der Waals surface area contributed by atoms with Crippen molar-refractivity contribution in [1.82, 2.24) is 15.5 Å². The van der Waals surface area contributed by atoms with Gasteiger partial charge in [-0.1, -0.05) is 30.3 Å². The summed E-state index contributed by atoms with van der Waals surface area (Å²) in [6, 6.07) is 12.1. The number of hydrogen-bond donors (Lipinski definition) is 2. The molecule has 1 aliphatic heterocycles. The van der Waals surface area contributed by atoms with Crippen molar-refractivity contribution in [2.45, 2.75) is 19.4 Å². The first-order chi connectivity index (χ1) is 13.7. The van der Waals surface area contributed by atoms with Crippen molar-refractivity contribution in [3.05, 3.63) is 57.8 Å². The number of hydrogen-bond acceptors (Lipinski definition) is 4. The van der Waals surface area contributed by atoms with Crippen molar-refractivity contribution in [3.63, 3.8) is 0 Å². The average molecular weight is 528 g/mol. The predicted octanol–water partition coefficient (Wildman–Crippen LogP) is 3.44. The Morgan fingerprint density at radius 1 is 1.24 bits per heavy atom. The third-order valence-electron chi connectivity index (χ3n) is 4.78. The van der Waals surface area contributed by atoms with E-state index in [-0.39, 0.29) is 36.0 Å². The number of nitrogens with zero attached hydrogens (tertiary/aromatic N) is 2. The van der Waals surface area contributed by atoms with E-state index in [9.17, 15) is 4.79 Å². The molecule has 1 aromatic carbocycles. The number of morpholine rings is 1. The zero-order valence-corrected chi connectivity index (χ0v) is 20.0. The van der Waals surface area contributed by atoms with Crippen molar-refractivity contribution >= 4 is 47.2 Å². The number of ether oxygens (including phenoxy) is 1. The number of carbonyl (C=O) groups excluding carboxylic acids is 1. The largest absolute Gasteiger partial charge is 0.370 e. The number of carbonyl (C=O) groups is 1. The summed E-state index contributed by atoms with van der Waals surface area (Å²) in [6.07, 6.45) is 0.889. The molecule has 1 amide bonds. The van der Waals surface area contributed by atoms with E-state index in [2.05, 4.69) is 51.7 Å². The van der Waals surface area contributed by atoms with Gasteiger partial charge in [0.05, 0.1) is 18.0 Å². The first-order valence-electron chi connectivity index (χ1n) is 9.63. The van der Waals surface area contributed by atoms with Crippen LogP contribution in [0, 0.1) is 6.92 Å². The van der Waals surface area contributed by atoms with E-state index in [0.29, 0.717) is 13.2 Å². The van der Waals surface area contributed by atoms with Crippen molar-refractivity contribution in [2.24, 2.45) is 4.99 Å². The van der Waals surface area contributed by atoms with Gasteiger partial charge in [0.25, 0.3) is 5.91 Å². The molecule has 2 N–H and O–H groups in total. The molecule has 8 heteroatoms. The standard InChI is InChI=1S/C21H28N4O2S.HI/c1-16-7-3-4-8-17(16)18-15-25(12-13-27-18)21(22-2)24-11-6-10-23-20(26)19-9-5-14-28-19;/h3-5,7-9,14,18H,6,10-13,15H2,1-2H3,(H,22,24)(H,23,26);1H. The van der Waals surface area contributed by atoms with Crippen LogP contribution in [0.15, 0.2) is 46.8 Å². The van der Waals surface area contributed by atoms with Crippen LogP contribution in [-0.2, 0) is 4.74 Å². The highest BCUT2D eigenvalue weighted by Crippen LogP contribution is 2.24. The molecule has 1 unspecified atom stereocenters. The molecule has 1 fully saturated rings. The number of nitrogens with one attached hydrogen (secondary N) is 2. The van der Waals surface area contributed by atoms with Crippen LogP contribution in [0.25, 0.3) is 0 Å². The normalized spacial score (nSPS) is 16.8. The van der Waals surface area contributed by atoms with Gasteiger partial charge in [0.15, 0.2) is 5.96 Å². The summed E-state index contributed by atoms with van der Waals surface area (Å²) in [7, 11) is 1.80. The van der Waals surface area contributed by atoms with Gasteiger partial charge in [-0.25, -0.2) is 0 Å². The van der Waals surface area contributed by atoms with Crippen LogP contribution in [0.4, 0.5) is 0 Å². The van der Waals surface area contributed by atoms with Gasteiger partial charge in [0.2, 0.25) is 0 Å². The van der Waals surface area contributed by atoms with Crippen LogP contribution in [0.2, 0.25) is 0 Å². The van der Waals surface area contributed by atoms with Crippen molar-refractivity contribution < 1.29 is 9.53 Å². The Hall–Kier alpha value is -1.65. The molecule has 29 heavy (non-hydrogen) atoms. The maximum Gasteiger partial charge on any atom is 0.261 e. The third-order valence-corrected chi connectivity index (χ3v) is 5.65. The van der Waals surface area contributed by atoms with Gasteiger partial charge < -0.3 is 20.3 Å². The average Bonchev–Trinajstić information content (AvgIpc) is 3.26. The maximum absolute atomic E-state index is 11.9. The van der Waals surface area contributed by atoms with Crippen LogP contribution in [0.5, 0.6) is 0 Å². The molecule has 0 bridgehead atoms. The Bertz CT molecular complexity index is 798. The van der Waals surface area contributed by atoms with E-state index < -0.39 is 0 Å². The lowest BCUT2D eigenvalue weighted by molar-refractivity contribution is -0.00830. The smallest absolute Gasteiger partial charge is 0.261 e. The molecule has 1 aromatic heterocycles. The van der Waals surface area contributed by atoms with Gasteiger partial charge in [-0.15, -0.1) is 35.3 Å². The maximum atomic E-state index is 11.9. The highest BCUT2D eigenvalue weighted by atomic mass is 127. The SMILES string of the molecule is CN=C(NCCCNC(=O)c1cccs1)N1CCOC(c2ccccc2C)C1.I. The van der Waals surface area contributed by atoms with Gasteiger partial charge in [-0.05, 0) is 35.9 Å². The van der Waals surface area contributed by atoms with Gasteiger partial charge >= 0.3 is 0 Å². The van der Waals surface area contributed by atoms with Crippen LogP contribution in [0.3, 0.4) is 0 Å². The Labute approximate surface area is 193 Å². The summed E-state index contributed by atoms with van der Waals surface area (Å²) >= 11 is 1.46. The highest BCUT2D eigenvalue weighted by Gasteiger charge is 2.24. The number of rotatable bonds is 6. The van der Waals surface area contributed by atoms with E-state index in [4.69, 9.17) is 4.74 Å². The fraction of sp³-hybridized carbons (Fsp3) is 0.429. The van der Waals surface area contributed by atoms with Gasteiger partial charge in [-0.3, -0.25) is 9.79 Å². The van der Waals surface area contributed by atoms with Crippen LogP contribution >= 0.6 is 35.3 Å². The molecular weight excluding hydrogens is 499 g/mol. The molecule has 3 rings (SSSR count). The molecule has 2 aromatic rings. The minimum Gasteiger partial charge on any atom is -0.370 e. The molecule has 1 atom stereocenters. The molecule has 0 radical (unpaired) electrons. The van der Waals surface area contributed by atoms with E-state index >= 15 is 0 Å². The third kappa shape index (κ3) is 6.68. The second-order valence-corrected chi connectivity index (χ2v) is 7.67. The minimum atomic E-state index is -0.00589. The molecule has 1 saturated heterocycles. The zero-order chi connectivity index (χ0) is 19.8. The lowest BCUT2D eigenvalue weighted by Crippen LogP contribution is -2.48. The Kier molecular flexibility index (Phi) is 9.89. The lowest BCUT2D eigenvalue weighted by atomic mass is 10.0. The molecule has 6 nitrogen and oxygen atoms in total. The lowest BCUT2D eigenvalue weighted by Gasteiger charge is -2.35. The van der Waals surface area contributed by atoms with Crippen LogP contribution in [-0.4, -0.2) is 56.6 Å². The van der Waals surface area contributed by atoms with E-state index in [0.717, 1.165) is 36.9 Å². The molecular formula is C21H29IN4O2S. The fourth-order valence-electron chi connectivity index (χ4n) is 3.30. The topological polar surface area (TPSA) is 66.0 Å². The summed E-state index contributed by atoms with van der Waals surface area (Å²) in [6.45, 7) is 5.78. The summed E-state index contributed by atoms with van der Waals surface area (Å²) in [5.74, 6) is 0.875. The van der Waals surface area contributed by atoms with Crippen molar-refractivity contribution in [2.75, 3.05) is 39.8 Å². The molecule has 0 saturated carbocycles. The highest BCUT2D eigenvalue weighted by molar-refractivity contribution is 14.0. The van der Waals surface area contributed by atoms with Gasteiger partial charge in [0.1, 0.15) is 6.10 Å². The van der Waals surface area contributed by atoms with Crippen LogP contribution < -0.4 is 10.6 Å². The Balaban J connectivity index is 0.00000300. The molecule has 158 valence electrons. The summed E-state index contributed by atoms with van der Waals surface area (Å²) < 4.78 is 6.00. The first-order valence-corrected chi connectivity index (χ1v) is 10.5. The van der Waals surface area contributed by atoms with Crippen molar-refractivity contribution in [1.29, 1.82) is 0 Å². The minimum absolute atomic E-state index is 0. The second-order valence-electron chi connectivity index (χ2n) is 6.72. The monoisotopic (exact) mass is 528 g/mol. The fourth-order valence-corrected chi connectivity index (χ4v) is 3.94.